The molecule has 4 rings (SSSR count). The van der Waals surface area contributed by atoms with Crippen molar-refractivity contribution in [3.8, 4) is 11.5 Å². The largest absolute Gasteiger partial charge is 0.657 e. The van der Waals surface area contributed by atoms with Crippen LogP contribution in [0.2, 0.25) is 18.1 Å². The van der Waals surface area contributed by atoms with Crippen LogP contribution in [0.25, 0.3) is 12.2 Å². The average Bonchev–Trinajstić information content (AvgIpc) is 3.98. The first kappa shape index (κ1) is 63.3. The van der Waals surface area contributed by atoms with Crippen molar-refractivity contribution in [2.75, 3.05) is 114 Å². The quantitative estimate of drug-likeness (QED) is 0.0386. The van der Waals surface area contributed by atoms with Gasteiger partial charge in [0.25, 0.3) is 0 Å². The van der Waals surface area contributed by atoms with E-state index >= 15 is 0 Å². The number of rotatable bonds is 38. The Hall–Kier alpha value is -3.04. The minimum absolute atomic E-state index is 0. The number of aliphatic imine (C=N–C) groups is 4. The molecule has 1 N–H and O–H groups in total. The predicted octanol–water partition coefficient (Wildman–Crippen LogP) is 9.79. The number of allylic oxidation sites excluding steroid dienone is 4. The van der Waals surface area contributed by atoms with E-state index in [1.54, 1.807) is 27.5 Å². The minimum Gasteiger partial charge on any atom is -0.657 e. The van der Waals surface area contributed by atoms with Crippen LogP contribution >= 0.6 is 0 Å². The number of methoxy groups -OCH3 is 2. The molecule has 15 nitrogen and oxygen atoms in total. The molecule has 1 aromatic heterocycles. The molecule has 402 valence electrons. The third-order valence-electron chi connectivity index (χ3n) is 12.8. The van der Waals surface area contributed by atoms with E-state index in [1.165, 1.54) is 16.7 Å². The zero-order valence-corrected chi connectivity index (χ0v) is 48.3. The van der Waals surface area contributed by atoms with Gasteiger partial charge in [-0.2, -0.15) is 0 Å². The SMILES string of the molecule is CCc1c(/C=C2\N=C(C=Nc3ccc(OCCOCCOCCOC)c(OCCOCCOCCOC)c3)C(C)=C2CCCO)[n-]c(/C=C2\N=C(C=NC)C(C)=C2CCCO[Si](CC)(CC)CC)c1CC.[Gd]. The second kappa shape index (κ2) is 36.0. The van der Waals surface area contributed by atoms with E-state index in [1.807, 2.05) is 24.4 Å². The van der Waals surface area contributed by atoms with E-state index in [0.29, 0.717) is 109 Å². The molecule has 3 heterocycles. The average molecular weight is 1160 g/mol. The van der Waals surface area contributed by atoms with Crippen LogP contribution in [0.1, 0.15) is 96.7 Å². The Morgan fingerprint density at radius 2 is 1.08 bits per heavy atom. The summed E-state index contributed by atoms with van der Waals surface area (Å²) >= 11 is 0. The molecule has 0 radical (unpaired) electrons. The molecule has 0 unspecified atom stereocenters. The molecular formula is C55H84GdN5O10Si-. The van der Waals surface area contributed by atoms with Crippen LogP contribution in [0.15, 0.2) is 71.9 Å². The third kappa shape index (κ3) is 19.9. The molecule has 0 amide bonds. The predicted molar refractivity (Wildman–Crippen MR) is 290 cm³/mol. The Labute approximate surface area is 463 Å². The summed E-state index contributed by atoms with van der Waals surface area (Å²) in [7, 11) is 3.41. The summed E-state index contributed by atoms with van der Waals surface area (Å²) in [5.41, 5.74) is 12.8. The van der Waals surface area contributed by atoms with Crippen molar-refractivity contribution in [2.24, 2.45) is 20.0 Å². The second-order valence-corrected chi connectivity index (χ2v) is 22.0. The number of benzene rings is 1. The van der Waals surface area contributed by atoms with Crippen LogP contribution < -0.4 is 14.5 Å². The molecule has 0 saturated heterocycles. The maximum atomic E-state index is 9.94. The molecule has 0 atom stereocenters. The summed E-state index contributed by atoms with van der Waals surface area (Å²) in [6.45, 7) is 21.6. The molecule has 0 aliphatic carbocycles. The molecule has 0 saturated carbocycles. The molecule has 2 aromatic rings. The normalized spacial score (nSPS) is 15.3. The van der Waals surface area contributed by atoms with Crippen molar-refractivity contribution in [3.05, 3.63) is 74.4 Å². The van der Waals surface area contributed by atoms with E-state index in [-0.39, 0.29) is 46.5 Å². The Morgan fingerprint density at radius 1 is 0.611 bits per heavy atom. The van der Waals surface area contributed by atoms with E-state index in [0.717, 1.165) is 101 Å². The first-order valence-electron chi connectivity index (χ1n) is 25.8. The number of aliphatic hydroxyl groups excluding tert-OH is 1. The molecule has 1 aromatic carbocycles. The van der Waals surface area contributed by atoms with Gasteiger partial charge in [0.15, 0.2) is 19.8 Å². The summed E-state index contributed by atoms with van der Waals surface area (Å²) < 4.78 is 51.4. The van der Waals surface area contributed by atoms with E-state index < -0.39 is 8.32 Å². The summed E-state index contributed by atoms with van der Waals surface area (Å²) in [5, 5.41) is 9.94. The van der Waals surface area contributed by atoms with Gasteiger partial charge in [-0.1, -0.05) is 57.9 Å². The first-order chi connectivity index (χ1) is 34.7. The van der Waals surface area contributed by atoms with Crippen molar-refractivity contribution in [3.63, 3.8) is 0 Å². The summed E-state index contributed by atoms with van der Waals surface area (Å²) in [6, 6.07) is 9.02. The Morgan fingerprint density at radius 3 is 1.56 bits per heavy atom. The molecule has 17 heteroatoms. The summed E-state index contributed by atoms with van der Waals surface area (Å²) in [4.78, 5) is 24.8. The minimum atomic E-state index is -1.67. The van der Waals surface area contributed by atoms with Crippen LogP contribution in [-0.4, -0.2) is 151 Å². The monoisotopic (exact) mass is 1160 g/mol. The van der Waals surface area contributed by atoms with Crippen molar-refractivity contribution < 1.29 is 87.4 Å². The van der Waals surface area contributed by atoms with Gasteiger partial charge in [-0.05, 0) is 105 Å². The zero-order chi connectivity index (χ0) is 51.3. The number of hydrogen-bond donors (Lipinski definition) is 1. The molecule has 0 bridgehead atoms. The fourth-order valence-electron chi connectivity index (χ4n) is 8.50. The number of aliphatic hydroxyl groups is 1. The maximum absolute atomic E-state index is 9.94. The van der Waals surface area contributed by atoms with E-state index in [4.69, 9.17) is 62.3 Å². The van der Waals surface area contributed by atoms with Crippen molar-refractivity contribution in [1.82, 2.24) is 4.98 Å². The van der Waals surface area contributed by atoms with Crippen molar-refractivity contribution in [2.45, 2.75) is 105 Å². The molecule has 2 aliphatic heterocycles. The fraction of sp³-hybridized carbons (Fsp3) is 0.600. The fourth-order valence-corrected chi connectivity index (χ4v) is 11.2. The Kier molecular flexibility index (Phi) is 31.7. The summed E-state index contributed by atoms with van der Waals surface area (Å²) in [5.74, 6) is 1.10. The summed E-state index contributed by atoms with van der Waals surface area (Å²) in [6.07, 6.45) is 12.6. The molecule has 72 heavy (non-hydrogen) atoms. The number of nitrogens with zero attached hydrogens (tertiary/aromatic N) is 5. The smallest absolute Gasteiger partial charge is 0.191 e. The number of aromatic nitrogens is 1. The third-order valence-corrected chi connectivity index (χ3v) is 17.5. The first-order valence-corrected chi connectivity index (χ1v) is 28.3. The van der Waals surface area contributed by atoms with Gasteiger partial charge in [0.05, 0.1) is 101 Å². The Bertz CT molecular complexity index is 2180. The zero-order valence-electron chi connectivity index (χ0n) is 45.0. The van der Waals surface area contributed by atoms with Crippen molar-refractivity contribution >= 4 is 50.0 Å². The van der Waals surface area contributed by atoms with Crippen LogP contribution in [0.5, 0.6) is 11.5 Å². The van der Waals surface area contributed by atoms with Gasteiger partial charge in [-0.25, -0.2) is 9.98 Å². The van der Waals surface area contributed by atoms with Gasteiger partial charge in [0.2, 0.25) is 0 Å². The van der Waals surface area contributed by atoms with Gasteiger partial charge >= 0.3 is 0 Å². The number of hydrogen-bond acceptors (Lipinski definition) is 14. The molecule has 0 fully saturated rings. The van der Waals surface area contributed by atoms with Gasteiger partial charge in [0.1, 0.15) is 13.2 Å². The van der Waals surface area contributed by atoms with Gasteiger partial charge in [-0.15, -0.1) is 11.4 Å². The van der Waals surface area contributed by atoms with Crippen molar-refractivity contribution in [1.29, 1.82) is 0 Å². The van der Waals surface area contributed by atoms with E-state index in [9.17, 15) is 5.11 Å². The van der Waals surface area contributed by atoms with Crippen LogP contribution in [-0.2, 0) is 45.7 Å². The second-order valence-electron chi connectivity index (χ2n) is 17.2. The molecular weight excluding hydrogens is 1080 g/mol. The van der Waals surface area contributed by atoms with Gasteiger partial charge < -0.3 is 52.4 Å². The van der Waals surface area contributed by atoms with E-state index in [2.05, 4.69) is 65.6 Å². The maximum Gasteiger partial charge on any atom is 0.191 e. The van der Waals surface area contributed by atoms with Crippen LogP contribution in [0, 0.1) is 39.9 Å². The number of ether oxygens (including phenoxy) is 8. The molecule has 0 spiro atoms. The van der Waals surface area contributed by atoms with Crippen LogP contribution in [0.4, 0.5) is 5.69 Å². The standard InChI is InChI=1S/C55H84N5O10Si.Gd/c1-11-44-45(12-2)49(38-51-47(41(6)52(59-51)39-56-8)19-17-23-70-71(13-3,14-4)15-5)58-48(44)37-50-46(18-16-22-61)42(7)53(60-50)40-57-43-20-21-54(68-34-32-66-30-28-64-26-24-62-9)55(36-43)69-35-33-67-31-29-65-27-25-63-10;/h20-21,36-40,61H,11-19,22-35H2,1-10H3;/q-1;/b50-37-,51-38-,56-39?,57-40?;. The van der Waals surface area contributed by atoms with Gasteiger partial charge in [-0.3, -0.25) is 9.98 Å². The topological polar surface area (TPSA) is 167 Å². The van der Waals surface area contributed by atoms with Crippen LogP contribution in [0.3, 0.4) is 0 Å². The Balaban J connectivity index is 0.0000137. The molecule has 2 aliphatic rings. The van der Waals surface area contributed by atoms with Gasteiger partial charge in [0, 0.05) is 86.7 Å².